The first-order valence-corrected chi connectivity index (χ1v) is 10.2. The van der Waals surface area contributed by atoms with Crippen LogP contribution in [0.25, 0.3) is 0 Å². The minimum Gasteiger partial charge on any atom is -0.508 e. The Hall–Kier alpha value is -1.99. The molecule has 1 aromatic carbocycles. The Kier molecular flexibility index (Phi) is 9.37. The van der Waals surface area contributed by atoms with Gasteiger partial charge in [0.1, 0.15) is 11.5 Å². The number of hydrogen-bond acceptors (Lipinski definition) is 5. The number of methoxy groups -OCH3 is 1. The van der Waals surface area contributed by atoms with E-state index >= 15 is 0 Å². The largest absolute Gasteiger partial charge is 0.508 e. The summed E-state index contributed by atoms with van der Waals surface area (Å²) < 4.78 is 10.8. The molecule has 1 aliphatic heterocycles. The lowest BCUT2D eigenvalue weighted by Gasteiger charge is -2.39. The first-order valence-electron chi connectivity index (χ1n) is 10.2. The van der Waals surface area contributed by atoms with Crippen molar-refractivity contribution in [3.63, 3.8) is 0 Å². The van der Waals surface area contributed by atoms with E-state index in [1.54, 1.807) is 26.3 Å². The molecule has 0 aliphatic carbocycles. The van der Waals surface area contributed by atoms with E-state index in [9.17, 15) is 5.11 Å². The molecule has 0 saturated carbocycles. The van der Waals surface area contributed by atoms with Crippen molar-refractivity contribution >= 4 is 5.96 Å². The molecule has 1 atom stereocenters. The molecule has 1 fully saturated rings. The number of aliphatic imine (C=N–C) groups is 1. The molecule has 28 heavy (non-hydrogen) atoms. The lowest BCUT2D eigenvalue weighted by atomic mass is 9.92. The van der Waals surface area contributed by atoms with Crippen molar-refractivity contribution in [2.75, 3.05) is 47.0 Å². The SMILES string of the molecule is CCC(CC)C(CNC(=NC)NCc1cc(OC)ccc1O)N1CCOCC1. The molecule has 0 bridgehead atoms. The van der Waals surface area contributed by atoms with Crippen LogP contribution in [-0.2, 0) is 11.3 Å². The molecule has 0 aromatic heterocycles. The number of phenolic OH excluding ortho intramolecular Hbond substituents is 1. The summed E-state index contributed by atoms with van der Waals surface area (Å²) in [6.07, 6.45) is 2.31. The average molecular weight is 393 g/mol. The smallest absolute Gasteiger partial charge is 0.191 e. The topological polar surface area (TPSA) is 78.4 Å². The molecule has 2 rings (SSSR count). The number of rotatable bonds is 9. The predicted molar refractivity (Wildman–Crippen MR) is 113 cm³/mol. The van der Waals surface area contributed by atoms with E-state index in [1.165, 1.54) is 0 Å². The molecule has 7 nitrogen and oxygen atoms in total. The Morgan fingerprint density at radius 3 is 2.57 bits per heavy atom. The zero-order valence-electron chi connectivity index (χ0n) is 17.7. The molecule has 0 spiro atoms. The molecular formula is C21H36N4O3. The van der Waals surface area contributed by atoms with Crippen LogP contribution in [-0.4, -0.2) is 69.0 Å². The van der Waals surface area contributed by atoms with Gasteiger partial charge in [0.2, 0.25) is 0 Å². The van der Waals surface area contributed by atoms with Crippen LogP contribution in [0.2, 0.25) is 0 Å². The molecule has 1 unspecified atom stereocenters. The van der Waals surface area contributed by atoms with Crippen LogP contribution in [0.4, 0.5) is 0 Å². The second-order valence-electron chi connectivity index (χ2n) is 7.09. The van der Waals surface area contributed by atoms with Crippen LogP contribution in [0.5, 0.6) is 11.5 Å². The lowest BCUT2D eigenvalue weighted by Crippen LogP contribution is -2.53. The normalized spacial score (nSPS) is 16.8. The van der Waals surface area contributed by atoms with Gasteiger partial charge in [0.15, 0.2) is 5.96 Å². The van der Waals surface area contributed by atoms with Gasteiger partial charge >= 0.3 is 0 Å². The molecule has 1 aliphatic rings. The average Bonchev–Trinajstić information content (AvgIpc) is 2.74. The fraction of sp³-hybridized carbons (Fsp3) is 0.667. The molecule has 7 heteroatoms. The monoisotopic (exact) mass is 392 g/mol. The maximum Gasteiger partial charge on any atom is 0.191 e. The second-order valence-corrected chi connectivity index (χ2v) is 7.09. The Bertz CT molecular complexity index is 614. The number of benzene rings is 1. The van der Waals surface area contributed by atoms with Crippen LogP contribution in [0, 0.1) is 5.92 Å². The van der Waals surface area contributed by atoms with Crippen LogP contribution < -0.4 is 15.4 Å². The van der Waals surface area contributed by atoms with Gasteiger partial charge in [-0.15, -0.1) is 0 Å². The lowest BCUT2D eigenvalue weighted by molar-refractivity contribution is 0.00272. The van der Waals surface area contributed by atoms with Crippen molar-refractivity contribution in [1.82, 2.24) is 15.5 Å². The molecule has 3 N–H and O–H groups in total. The standard InChI is InChI=1S/C21H36N4O3/c1-5-16(6-2)19(25-9-11-28-12-10-25)15-24-21(22-3)23-14-17-13-18(27-4)7-8-20(17)26/h7-8,13,16,19,26H,5-6,9-12,14-15H2,1-4H3,(H2,22,23,24). The zero-order chi connectivity index (χ0) is 20.4. The number of ether oxygens (including phenoxy) is 2. The van der Waals surface area contributed by atoms with Gasteiger partial charge < -0.3 is 25.2 Å². The van der Waals surface area contributed by atoms with E-state index in [-0.39, 0.29) is 5.75 Å². The Morgan fingerprint density at radius 2 is 1.96 bits per heavy atom. The van der Waals surface area contributed by atoms with Gasteiger partial charge in [0.25, 0.3) is 0 Å². The van der Waals surface area contributed by atoms with Gasteiger partial charge in [-0.3, -0.25) is 9.89 Å². The minimum atomic E-state index is 0.243. The summed E-state index contributed by atoms with van der Waals surface area (Å²) in [5, 5.41) is 16.8. The van der Waals surface area contributed by atoms with Crippen molar-refractivity contribution < 1.29 is 14.6 Å². The molecule has 1 aromatic rings. The van der Waals surface area contributed by atoms with E-state index in [0.29, 0.717) is 18.5 Å². The summed E-state index contributed by atoms with van der Waals surface area (Å²) in [6.45, 7) is 9.39. The molecular weight excluding hydrogens is 356 g/mol. The van der Waals surface area contributed by atoms with Crippen molar-refractivity contribution in [2.24, 2.45) is 10.9 Å². The van der Waals surface area contributed by atoms with Crippen LogP contribution in [0.1, 0.15) is 32.3 Å². The van der Waals surface area contributed by atoms with Crippen LogP contribution in [0.15, 0.2) is 23.2 Å². The van der Waals surface area contributed by atoms with Crippen molar-refractivity contribution in [3.05, 3.63) is 23.8 Å². The number of aromatic hydroxyl groups is 1. The van der Waals surface area contributed by atoms with Gasteiger partial charge in [-0.2, -0.15) is 0 Å². The number of phenols is 1. The third kappa shape index (κ3) is 6.27. The van der Waals surface area contributed by atoms with Crippen molar-refractivity contribution in [2.45, 2.75) is 39.3 Å². The van der Waals surface area contributed by atoms with Crippen molar-refractivity contribution in [3.8, 4) is 11.5 Å². The van der Waals surface area contributed by atoms with Gasteiger partial charge in [0.05, 0.1) is 20.3 Å². The molecule has 1 heterocycles. The van der Waals surface area contributed by atoms with E-state index in [1.807, 2.05) is 6.07 Å². The third-order valence-corrected chi connectivity index (χ3v) is 5.54. The van der Waals surface area contributed by atoms with E-state index in [0.717, 1.165) is 63.0 Å². The highest BCUT2D eigenvalue weighted by Gasteiger charge is 2.27. The summed E-state index contributed by atoms with van der Waals surface area (Å²) >= 11 is 0. The van der Waals surface area contributed by atoms with Crippen LogP contribution in [0.3, 0.4) is 0 Å². The fourth-order valence-electron chi connectivity index (χ4n) is 3.77. The molecule has 1 saturated heterocycles. The second kappa shape index (κ2) is 11.8. The first-order chi connectivity index (χ1) is 13.6. The zero-order valence-corrected chi connectivity index (χ0v) is 17.7. The summed E-state index contributed by atoms with van der Waals surface area (Å²) in [7, 11) is 3.38. The van der Waals surface area contributed by atoms with Crippen molar-refractivity contribution in [1.29, 1.82) is 0 Å². The summed E-state index contributed by atoms with van der Waals surface area (Å²) in [5.74, 6) is 2.32. The van der Waals surface area contributed by atoms with Crippen LogP contribution >= 0.6 is 0 Å². The number of nitrogens with one attached hydrogen (secondary N) is 2. The Balaban J connectivity index is 1.96. The Labute approximate surface area is 169 Å². The minimum absolute atomic E-state index is 0.243. The van der Waals surface area contributed by atoms with Gasteiger partial charge in [-0.25, -0.2) is 0 Å². The fourth-order valence-corrected chi connectivity index (χ4v) is 3.77. The van der Waals surface area contributed by atoms with E-state index in [2.05, 4.69) is 34.4 Å². The highest BCUT2D eigenvalue weighted by molar-refractivity contribution is 5.79. The number of nitrogens with zero attached hydrogens (tertiary/aromatic N) is 2. The summed E-state index contributed by atoms with van der Waals surface area (Å²) in [6, 6.07) is 5.67. The number of hydrogen-bond donors (Lipinski definition) is 3. The van der Waals surface area contributed by atoms with E-state index < -0.39 is 0 Å². The van der Waals surface area contributed by atoms with Gasteiger partial charge in [-0.1, -0.05) is 26.7 Å². The predicted octanol–water partition coefficient (Wildman–Crippen LogP) is 2.20. The highest BCUT2D eigenvalue weighted by Crippen LogP contribution is 2.22. The van der Waals surface area contributed by atoms with Gasteiger partial charge in [-0.05, 0) is 24.1 Å². The molecule has 0 amide bonds. The number of guanidine groups is 1. The van der Waals surface area contributed by atoms with Gasteiger partial charge in [0, 0.05) is 44.8 Å². The Morgan fingerprint density at radius 1 is 1.25 bits per heavy atom. The summed E-state index contributed by atoms with van der Waals surface area (Å²) in [5.41, 5.74) is 0.770. The van der Waals surface area contributed by atoms with E-state index in [4.69, 9.17) is 9.47 Å². The third-order valence-electron chi connectivity index (χ3n) is 5.54. The highest BCUT2D eigenvalue weighted by atomic mass is 16.5. The quantitative estimate of drug-likeness (QED) is 0.442. The summed E-state index contributed by atoms with van der Waals surface area (Å²) in [4.78, 5) is 6.88. The molecule has 158 valence electrons. The first kappa shape index (κ1) is 22.3. The maximum absolute atomic E-state index is 10.1. The number of morpholine rings is 1. The molecule has 0 radical (unpaired) electrons. The maximum atomic E-state index is 10.1.